The van der Waals surface area contributed by atoms with Gasteiger partial charge in [-0.05, 0) is 50.1 Å². The smallest absolute Gasteiger partial charge is 0.240 e. The maximum atomic E-state index is 12.0. The minimum Gasteiger partial charge on any atom is -0.383 e. The molecule has 0 aliphatic carbocycles. The average molecular weight is 311 g/mol. The van der Waals surface area contributed by atoms with Gasteiger partial charge in [-0.15, -0.1) is 0 Å². The molecule has 1 saturated heterocycles. The van der Waals surface area contributed by atoms with E-state index in [2.05, 4.69) is 15.4 Å². The maximum absolute atomic E-state index is 12.0. The van der Waals surface area contributed by atoms with E-state index >= 15 is 0 Å². The lowest BCUT2D eigenvalue weighted by Crippen LogP contribution is -2.39. The fourth-order valence-corrected chi connectivity index (χ4v) is 3.54. The fourth-order valence-electron chi connectivity index (χ4n) is 2.41. The fraction of sp³-hybridized carbons (Fsp3) is 0.600. The summed E-state index contributed by atoms with van der Waals surface area (Å²) in [6.45, 7) is 4.37. The first-order valence-corrected chi connectivity index (χ1v) is 9.17. The monoisotopic (exact) mass is 311 g/mol. The van der Waals surface area contributed by atoms with Crippen LogP contribution in [0.4, 0.5) is 5.69 Å². The van der Waals surface area contributed by atoms with E-state index in [-0.39, 0.29) is 0 Å². The minimum atomic E-state index is -3.36. The van der Waals surface area contributed by atoms with E-state index in [1.807, 2.05) is 19.1 Å². The number of sulfonamides is 1. The second kappa shape index (κ2) is 7.77. The van der Waals surface area contributed by atoms with E-state index < -0.39 is 10.0 Å². The topological polar surface area (TPSA) is 70.2 Å². The average Bonchev–Trinajstić information content (AvgIpc) is 2.52. The molecule has 6 heteroatoms. The van der Waals surface area contributed by atoms with E-state index in [0.29, 0.717) is 17.5 Å². The molecular weight excluding hydrogens is 286 g/mol. The van der Waals surface area contributed by atoms with Crippen LogP contribution in [0.1, 0.15) is 32.6 Å². The number of nitrogens with one attached hydrogen (secondary N) is 3. The molecule has 0 saturated carbocycles. The molecule has 21 heavy (non-hydrogen) atoms. The molecule has 1 unspecified atom stereocenters. The van der Waals surface area contributed by atoms with Gasteiger partial charge in [-0.3, -0.25) is 0 Å². The highest BCUT2D eigenvalue weighted by Crippen LogP contribution is 2.15. The second-order valence-electron chi connectivity index (χ2n) is 5.45. The SMILES string of the molecule is CCCNS(=O)(=O)c1ccc(NCC2CCCCN2)cc1. The summed E-state index contributed by atoms with van der Waals surface area (Å²) in [6, 6.07) is 7.45. The largest absolute Gasteiger partial charge is 0.383 e. The molecule has 0 spiro atoms. The van der Waals surface area contributed by atoms with Gasteiger partial charge in [-0.1, -0.05) is 13.3 Å². The maximum Gasteiger partial charge on any atom is 0.240 e. The third-order valence-corrected chi connectivity index (χ3v) is 5.15. The highest BCUT2D eigenvalue weighted by atomic mass is 32.2. The molecule has 118 valence electrons. The molecule has 0 bridgehead atoms. The Morgan fingerprint density at radius 2 is 2.00 bits per heavy atom. The van der Waals surface area contributed by atoms with E-state index in [4.69, 9.17) is 0 Å². The highest BCUT2D eigenvalue weighted by Gasteiger charge is 2.14. The van der Waals surface area contributed by atoms with Crippen LogP contribution in [0.15, 0.2) is 29.2 Å². The van der Waals surface area contributed by atoms with Crippen molar-refractivity contribution in [1.29, 1.82) is 0 Å². The predicted molar refractivity (Wildman–Crippen MR) is 86.1 cm³/mol. The van der Waals surface area contributed by atoms with Gasteiger partial charge in [0.2, 0.25) is 10.0 Å². The third kappa shape index (κ3) is 4.98. The lowest BCUT2D eigenvalue weighted by molar-refractivity contribution is 0.414. The first-order chi connectivity index (χ1) is 10.1. The van der Waals surface area contributed by atoms with Gasteiger partial charge in [-0.25, -0.2) is 13.1 Å². The summed E-state index contributed by atoms with van der Waals surface area (Å²) in [5, 5.41) is 6.84. The van der Waals surface area contributed by atoms with Crippen molar-refractivity contribution in [2.75, 3.05) is 25.0 Å². The Hall–Kier alpha value is -1.11. The summed E-state index contributed by atoms with van der Waals surface area (Å²) in [6.07, 6.45) is 4.51. The summed E-state index contributed by atoms with van der Waals surface area (Å²) in [5.41, 5.74) is 0.955. The van der Waals surface area contributed by atoms with Gasteiger partial charge in [0.1, 0.15) is 0 Å². The Bertz CT molecular complexity index is 522. The zero-order chi connectivity index (χ0) is 15.1. The summed E-state index contributed by atoms with van der Waals surface area (Å²) in [4.78, 5) is 0.317. The molecule has 0 aromatic heterocycles. The lowest BCUT2D eigenvalue weighted by Gasteiger charge is -2.24. The van der Waals surface area contributed by atoms with Crippen LogP contribution in [-0.4, -0.2) is 34.1 Å². The molecular formula is C15H25N3O2S. The number of benzene rings is 1. The van der Waals surface area contributed by atoms with Crippen molar-refractivity contribution in [3.8, 4) is 0 Å². The van der Waals surface area contributed by atoms with Crippen molar-refractivity contribution >= 4 is 15.7 Å². The predicted octanol–water partition coefficient (Wildman–Crippen LogP) is 1.93. The Labute approximate surface area is 127 Å². The van der Waals surface area contributed by atoms with E-state index in [1.54, 1.807) is 12.1 Å². The number of hydrogen-bond donors (Lipinski definition) is 3. The Morgan fingerprint density at radius 1 is 1.24 bits per heavy atom. The third-order valence-electron chi connectivity index (χ3n) is 3.67. The summed E-state index contributed by atoms with van der Waals surface area (Å²) in [7, 11) is -3.36. The highest BCUT2D eigenvalue weighted by molar-refractivity contribution is 7.89. The Balaban J connectivity index is 1.89. The molecule has 5 nitrogen and oxygen atoms in total. The van der Waals surface area contributed by atoms with Crippen LogP contribution in [-0.2, 0) is 10.0 Å². The van der Waals surface area contributed by atoms with Gasteiger partial charge in [0.05, 0.1) is 4.90 Å². The van der Waals surface area contributed by atoms with Gasteiger partial charge >= 0.3 is 0 Å². The zero-order valence-electron chi connectivity index (χ0n) is 12.6. The van der Waals surface area contributed by atoms with Gasteiger partial charge < -0.3 is 10.6 Å². The van der Waals surface area contributed by atoms with Gasteiger partial charge in [0.25, 0.3) is 0 Å². The molecule has 1 heterocycles. The second-order valence-corrected chi connectivity index (χ2v) is 7.22. The van der Waals surface area contributed by atoms with E-state index in [9.17, 15) is 8.42 Å². The van der Waals surface area contributed by atoms with Gasteiger partial charge in [0, 0.05) is 24.8 Å². The molecule has 1 aliphatic heterocycles. The normalized spacial score (nSPS) is 19.4. The molecule has 1 aromatic carbocycles. The molecule has 1 aromatic rings. The van der Waals surface area contributed by atoms with Crippen molar-refractivity contribution in [3.63, 3.8) is 0 Å². The van der Waals surface area contributed by atoms with Crippen molar-refractivity contribution in [1.82, 2.24) is 10.0 Å². The van der Waals surface area contributed by atoms with Crippen molar-refractivity contribution in [2.45, 2.75) is 43.5 Å². The Kier molecular flexibility index (Phi) is 6.02. The summed E-state index contributed by atoms with van der Waals surface area (Å²) >= 11 is 0. The quantitative estimate of drug-likeness (QED) is 0.719. The van der Waals surface area contributed by atoms with Crippen LogP contribution >= 0.6 is 0 Å². The van der Waals surface area contributed by atoms with Crippen LogP contribution in [0.3, 0.4) is 0 Å². The lowest BCUT2D eigenvalue weighted by atomic mass is 10.1. The zero-order valence-corrected chi connectivity index (χ0v) is 13.4. The van der Waals surface area contributed by atoms with Gasteiger partial charge in [0.15, 0.2) is 0 Å². The molecule has 0 amide bonds. The minimum absolute atomic E-state index is 0.317. The first kappa shape index (κ1) is 16.3. The molecule has 1 aliphatic rings. The van der Waals surface area contributed by atoms with Crippen LogP contribution in [0.5, 0.6) is 0 Å². The van der Waals surface area contributed by atoms with Crippen LogP contribution in [0.25, 0.3) is 0 Å². The van der Waals surface area contributed by atoms with Crippen LogP contribution < -0.4 is 15.4 Å². The van der Waals surface area contributed by atoms with E-state index in [0.717, 1.165) is 25.2 Å². The number of rotatable bonds is 7. The van der Waals surface area contributed by atoms with E-state index in [1.165, 1.54) is 19.3 Å². The first-order valence-electron chi connectivity index (χ1n) is 7.69. The van der Waals surface area contributed by atoms with Crippen molar-refractivity contribution < 1.29 is 8.42 Å². The summed E-state index contributed by atoms with van der Waals surface area (Å²) < 4.78 is 26.5. The number of piperidine rings is 1. The van der Waals surface area contributed by atoms with Crippen molar-refractivity contribution in [3.05, 3.63) is 24.3 Å². The molecule has 2 rings (SSSR count). The van der Waals surface area contributed by atoms with Crippen LogP contribution in [0, 0.1) is 0 Å². The van der Waals surface area contributed by atoms with Crippen LogP contribution in [0.2, 0.25) is 0 Å². The molecule has 1 fully saturated rings. The van der Waals surface area contributed by atoms with Gasteiger partial charge in [-0.2, -0.15) is 0 Å². The molecule has 3 N–H and O–H groups in total. The number of hydrogen-bond acceptors (Lipinski definition) is 4. The molecule has 0 radical (unpaired) electrons. The number of anilines is 1. The van der Waals surface area contributed by atoms with Crippen molar-refractivity contribution in [2.24, 2.45) is 0 Å². The Morgan fingerprint density at radius 3 is 2.62 bits per heavy atom. The molecule has 1 atom stereocenters. The standard InChI is InChI=1S/C15H25N3O2S/c1-2-10-18-21(19,20)15-8-6-13(7-9-15)17-12-14-5-3-4-11-16-14/h6-9,14,16-18H,2-5,10-12H2,1H3. The summed E-state index contributed by atoms with van der Waals surface area (Å²) in [5.74, 6) is 0.